The monoisotopic (exact) mass is 404 g/mol. The zero-order chi connectivity index (χ0) is 17.8. The molecular weight excluding hydrogens is 380 g/mol. The number of aryl methyl sites for hydroxylation is 2. The van der Waals surface area contributed by atoms with Gasteiger partial charge in [-0.1, -0.05) is 15.9 Å². The van der Waals surface area contributed by atoms with Gasteiger partial charge in [0, 0.05) is 22.4 Å². The molecule has 0 radical (unpaired) electrons. The summed E-state index contributed by atoms with van der Waals surface area (Å²) in [5.41, 5.74) is 3.15. The number of piperidine rings is 1. The fourth-order valence-corrected chi connectivity index (χ4v) is 3.63. The Labute approximate surface area is 157 Å². The van der Waals surface area contributed by atoms with Gasteiger partial charge in [-0.2, -0.15) is 5.10 Å². The number of benzene rings is 1. The highest BCUT2D eigenvalue weighted by molar-refractivity contribution is 9.10. The molecule has 0 atom stereocenters. The summed E-state index contributed by atoms with van der Waals surface area (Å²) >= 11 is 3.40. The van der Waals surface area contributed by atoms with Gasteiger partial charge >= 0.3 is 0 Å². The quantitative estimate of drug-likeness (QED) is 0.827. The van der Waals surface area contributed by atoms with Gasteiger partial charge < -0.3 is 5.32 Å². The molecule has 0 spiro atoms. The Hall–Kier alpha value is -1.66. The Balaban J connectivity index is 1.43. The number of hydrogen-bond acceptors (Lipinski definition) is 3. The minimum atomic E-state index is 0.0549. The maximum atomic E-state index is 12.2. The summed E-state index contributed by atoms with van der Waals surface area (Å²) in [5.74, 6) is 0.697. The first-order chi connectivity index (χ1) is 12.0. The van der Waals surface area contributed by atoms with E-state index in [4.69, 9.17) is 0 Å². The number of nitrogens with zero attached hydrogens (tertiary/aromatic N) is 3. The van der Waals surface area contributed by atoms with Crippen molar-refractivity contribution >= 4 is 27.5 Å². The van der Waals surface area contributed by atoms with Crippen molar-refractivity contribution in [1.29, 1.82) is 0 Å². The van der Waals surface area contributed by atoms with Crippen molar-refractivity contribution in [3.8, 4) is 0 Å². The molecule has 6 heteroatoms. The van der Waals surface area contributed by atoms with E-state index >= 15 is 0 Å². The zero-order valence-electron chi connectivity index (χ0n) is 14.8. The number of anilines is 1. The molecule has 0 bridgehead atoms. The zero-order valence-corrected chi connectivity index (χ0v) is 16.4. The number of rotatable bonds is 5. The van der Waals surface area contributed by atoms with E-state index in [1.165, 1.54) is 5.69 Å². The summed E-state index contributed by atoms with van der Waals surface area (Å²) in [6.45, 7) is 7.54. The largest absolute Gasteiger partial charge is 0.325 e. The van der Waals surface area contributed by atoms with Crippen molar-refractivity contribution in [3.05, 3.63) is 46.2 Å². The molecule has 1 saturated heterocycles. The molecule has 1 N–H and O–H groups in total. The maximum absolute atomic E-state index is 12.2. The molecule has 1 aliphatic rings. The first-order valence-electron chi connectivity index (χ1n) is 8.78. The van der Waals surface area contributed by atoms with Crippen molar-refractivity contribution in [2.24, 2.45) is 5.92 Å². The highest BCUT2D eigenvalue weighted by Crippen LogP contribution is 2.20. The molecule has 1 amide bonds. The second-order valence-electron chi connectivity index (χ2n) is 6.88. The average Bonchev–Trinajstić information content (AvgIpc) is 2.89. The number of halogens is 1. The van der Waals surface area contributed by atoms with Gasteiger partial charge in [-0.05, 0) is 76.0 Å². The lowest BCUT2D eigenvalue weighted by molar-refractivity contribution is -0.117. The van der Waals surface area contributed by atoms with Gasteiger partial charge in [-0.3, -0.25) is 14.4 Å². The van der Waals surface area contributed by atoms with Crippen LogP contribution in [0.1, 0.15) is 24.2 Å². The van der Waals surface area contributed by atoms with Crippen LogP contribution in [-0.4, -0.2) is 40.2 Å². The van der Waals surface area contributed by atoms with Crippen LogP contribution in [0.5, 0.6) is 0 Å². The maximum Gasteiger partial charge on any atom is 0.238 e. The van der Waals surface area contributed by atoms with E-state index < -0.39 is 0 Å². The summed E-state index contributed by atoms with van der Waals surface area (Å²) in [6, 6.07) is 9.80. The lowest BCUT2D eigenvalue weighted by Gasteiger charge is -2.31. The van der Waals surface area contributed by atoms with Crippen LogP contribution in [0.15, 0.2) is 34.8 Å². The second kappa shape index (κ2) is 8.15. The molecule has 0 unspecified atom stereocenters. The molecule has 1 fully saturated rings. The predicted octanol–water partition coefficient (Wildman–Crippen LogP) is 3.61. The van der Waals surface area contributed by atoms with Crippen LogP contribution >= 0.6 is 15.9 Å². The molecular formula is C19H25BrN4O. The molecule has 0 saturated carbocycles. The third kappa shape index (κ3) is 5.16. The van der Waals surface area contributed by atoms with Crippen molar-refractivity contribution in [2.45, 2.75) is 33.2 Å². The SMILES string of the molecule is Cc1cc(C)n(CC2CCN(CC(=O)Nc3ccc(Br)cc3)CC2)n1. The van der Waals surface area contributed by atoms with E-state index in [0.29, 0.717) is 12.5 Å². The van der Waals surface area contributed by atoms with E-state index in [0.717, 1.165) is 48.3 Å². The molecule has 134 valence electrons. The highest BCUT2D eigenvalue weighted by Gasteiger charge is 2.22. The number of nitrogens with one attached hydrogen (secondary N) is 1. The van der Waals surface area contributed by atoms with Crippen LogP contribution in [-0.2, 0) is 11.3 Å². The first kappa shape index (κ1) is 18.1. The fourth-order valence-electron chi connectivity index (χ4n) is 3.37. The van der Waals surface area contributed by atoms with Crippen LogP contribution in [0.2, 0.25) is 0 Å². The van der Waals surface area contributed by atoms with Crippen LogP contribution in [0.3, 0.4) is 0 Å². The van der Waals surface area contributed by atoms with Gasteiger partial charge in [-0.15, -0.1) is 0 Å². The number of aromatic nitrogens is 2. The smallest absolute Gasteiger partial charge is 0.238 e. The van der Waals surface area contributed by atoms with Gasteiger partial charge in [0.2, 0.25) is 5.91 Å². The molecule has 25 heavy (non-hydrogen) atoms. The Kier molecular flexibility index (Phi) is 5.91. The van der Waals surface area contributed by atoms with Gasteiger partial charge in [0.1, 0.15) is 0 Å². The van der Waals surface area contributed by atoms with Crippen molar-refractivity contribution < 1.29 is 4.79 Å². The van der Waals surface area contributed by atoms with E-state index in [-0.39, 0.29) is 5.91 Å². The first-order valence-corrected chi connectivity index (χ1v) is 9.58. The number of carbonyl (C=O) groups excluding carboxylic acids is 1. The fraction of sp³-hybridized carbons (Fsp3) is 0.474. The van der Waals surface area contributed by atoms with Crippen LogP contribution in [0.25, 0.3) is 0 Å². The number of carbonyl (C=O) groups is 1. The van der Waals surface area contributed by atoms with E-state index in [1.807, 2.05) is 31.2 Å². The minimum Gasteiger partial charge on any atom is -0.325 e. The second-order valence-corrected chi connectivity index (χ2v) is 7.80. The third-order valence-electron chi connectivity index (χ3n) is 4.74. The van der Waals surface area contributed by atoms with Crippen LogP contribution in [0.4, 0.5) is 5.69 Å². The van der Waals surface area contributed by atoms with Gasteiger partial charge in [0.25, 0.3) is 0 Å². The van der Waals surface area contributed by atoms with Crippen LogP contribution < -0.4 is 5.32 Å². The Bertz CT molecular complexity index is 718. The third-order valence-corrected chi connectivity index (χ3v) is 5.27. The summed E-state index contributed by atoms with van der Waals surface area (Å²) in [6.07, 6.45) is 2.23. The molecule has 1 aromatic carbocycles. The summed E-state index contributed by atoms with van der Waals surface area (Å²) in [5, 5.41) is 7.52. The molecule has 2 aromatic rings. The topological polar surface area (TPSA) is 50.2 Å². The number of likely N-dealkylation sites (tertiary alicyclic amines) is 1. The van der Waals surface area contributed by atoms with Crippen molar-refractivity contribution in [3.63, 3.8) is 0 Å². The molecule has 3 rings (SSSR count). The molecule has 1 aliphatic heterocycles. The molecule has 5 nitrogen and oxygen atoms in total. The van der Waals surface area contributed by atoms with Gasteiger partial charge in [-0.25, -0.2) is 0 Å². The van der Waals surface area contributed by atoms with Gasteiger partial charge in [0.05, 0.1) is 12.2 Å². The van der Waals surface area contributed by atoms with E-state index in [2.05, 4.69) is 48.9 Å². The Morgan fingerprint density at radius 1 is 1.24 bits per heavy atom. The predicted molar refractivity (Wildman–Crippen MR) is 104 cm³/mol. The molecule has 0 aliphatic carbocycles. The molecule has 2 heterocycles. The summed E-state index contributed by atoms with van der Waals surface area (Å²) < 4.78 is 3.13. The summed E-state index contributed by atoms with van der Waals surface area (Å²) in [7, 11) is 0. The van der Waals surface area contributed by atoms with E-state index in [1.54, 1.807) is 0 Å². The standard InChI is InChI=1S/C19H25BrN4O/c1-14-11-15(2)24(22-14)12-16-7-9-23(10-8-16)13-19(25)21-18-5-3-17(20)4-6-18/h3-6,11,16H,7-10,12-13H2,1-2H3,(H,21,25). The number of hydrogen-bond donors (Lipinski definition) is 1. The lowest BCUT2D eigenvalue weighted by Crippen LogP contribution is -2.40. The summed E-state index contributed by atoms with van der Waals surface area (Å²) in [4.78, 5) is 14.4. The highest BCUT2D eigenvalue weighted by atomic mass is 79.9. The minimum absolute atomic E-state index is 0.0549. The Morgan fingerprint density at radius 2 is 1.92 bits per heavy atom. The number of amides is 1. The normalized spacial score (nSPS) is 16.1. The van der Waals surface area contributed by atoms with Crippen molar-refractivity contribution in [1.82, 2.24) is 14.7 Å². The van der Waals surface area contributed by atoms with E-state index in [9.17, 15) is 4.79 Å². The van der Waals surface area contributed by atoms with Gasteiger partial charge in [0.15, 0.2) is 0 Å². The molecule has 1 aromatic heterocycles. The average molecular weight is 405 g/mol. The van der Waals surface area contributed by atoms with Crippen LogP contribution in [0, 0.1) is 19.8 Å². The Morgan fingerprint density at radius 3 is 2.52 bits per heavy atom. The lowest BCUT2D eigenvalue weighted by atomic mass is 9.97. The van der Waals surface area contributed by atoms with Crippen molar-refractivity contribution in [2.75, 3.05) is 25.0 Å².